The second kappa shape index (κ2) is 6.38. The topological polar surface area (TPSA) is 90.7 Å². The standard InChI is InChI=1S/C14H12N2O5/c1-20-12-6-2-10(3-7-12)15-14(17)21-13-8-4-11(5-9-13)16(18)19/h2-9H,1H3,(H,15,17). The molecule has 0 aliphatic heterocycles. The summed E-state index contributed by atoms with van der Waals surface area (Å²) in [5.74, 6) is 0.885. The van der Waals surface area contributed by atoms with E-state index in [-0.39, 0.29) is 11.4 Å². The second-order valence-electron chi connectivity index (χ2n) is 3.99. The number of nitro benzene ring substituents is 1. The molecule has 0 heterocycles. The third-order valence-electron chi connectivity index (χ3n) is 2.59. The zero-order chi connectivity index (χ0) is 15.2. The third-order valence-corrected chi connectivity index (χ3v) is 2.59. The average molecular weight is 288 g/mol. The Morgan fingerprint density at radius 1 is 1.05 bits per heavy atom. The van der Waals surface area contributed by atoms with Gasteiger partial charge in [0.1, 0.15) is 11.5 Å². The quantitative estimate of drug-likeness (QED) is 0.689. The summed E-state index contributed by atoms with van der Waals surface area (Å²) in [6.45, 7) is 0. The predicted molar refractivity (Wildman–Crippen MR) is 75.7 cm³/mol. The number of nitro groups is 1. The molecular weight excluding hydrogens is 276 g/mol. The molecule has 0 saturated carbocycles. The van der Waals surface area contributed by atoms with Gasteiger partial charge in [0, 0.05) is 17.8 Å². The lowest BCUT2D eigenvalue weighted by Gasteiger charge is -2.07. The van der Waals surface area contributed by atoms with Crippen molar-refractivity contribution in [3.05, 3.63) is 58.6 Å². The Balaban J connectivity index is 1.95. The van der Waals surface area contributed by atoms with Gasteiger partial charge in [-0.2, -0.15) is 0 Å². The first-order valence-electron chi connectivity index (χ1n) is 5.96. The molecule has 0 radical (unpaired) electrons. The molecule has 0 aromatic heterocycles. The molecule has 7 heteroatoms. The number of non-ortho nitro benzene ring substituents is 1. The van der Waals surface area contributed by atoms with E-state index in [9.17, 15) is 14.9 Å². The van der Waals surface area contributed by atoms with Crippen molar-refractivity contribution < 1.29 is 19.2 Å². The zero-order valence-corrected chi connectivity index (χ0v) is 11.1. The SMILES string of the molecule is COc1ccc(NC(=O)Oc2ccc([N+](=O)[O-])cc2)cc1. The number of nitrogens with one attached hydrogen (secondary N) is 1. The molecular formula is C14H12N2O5. The second-order valence-corrected chi connectivity index (χ2v) is 3.99. The maximum atomic E-state index is 11.7. The molecule has 1 amide bonds. The molecule has 2 rings (SSSR count). The Labute approximate surface area is 120 Å². The van der Waals surface area contributed by atoms with Gasteiger partial charge in [0.2, 0.25) is 0 Å². The summed E-state index contributed by atoms with van der Waals surface area (Å²) in [4.78, 5) is 21.6. The van der Waals surface area contributed by atoms with E-state index in [0.717, 1.165) is 0 Å². The summed E-state index contributed by atoms with van der Waals surface area (Å²) < 4.78 is 10.0. The molecule has 0 aliphatic rings. The minimum atomic E-state index is -0.686. The highest BCUT2D eigenvalue weighted by Crippen LogP contribution is 2.19. The number of nitrogens with zero attached hydrogens (tertiary/aromatic N) is 1. The summed E-state index contributed by atoms with van der Waals surface area (Å²) in [5, 5.41) is 13.0. The molecule has 0 unspecified atom stereocenters. The number of anilines is 1. The summed E-state index contributed by atoms with van der Waals surface area (Å²) in [5.41, 5.74) is 0.473. The van der Waals surface area contributed by atoms with E-state index in [2.05, 4.69) is 5.32 Å². The maximum Gasteiger partial charge on any atom is 0.417 e. The number of ether oxygens (including phenoxy) is 2. The number of hydrogen-bond acceptors (Lipinski definition) is 5. The van der Waals surface area contributed by atoms with Crippen molar-refractivity contribution in [3.63, 3.8) is 0 Å². The lowest BCUT2D eigenvalue weighted by atomic mass is 10.3. The van der Waals surface area contributed by atoms with Crippen LogP contribution < -0.4 is 14.8 Å². The lowest BCUT2D eigenvalue weighted by Crippen LogP contribution is -2.16. The molecule has 0 atom stereocenters. The van der Waals surface area contributed by atoms with Crippen molar-refractivity contribution in [1.29, 1.82) is 0 Å². The van der Waals surface area contributed by atoms with E-state index in [1.54, 1.807) is 31.4 Å². The molecule has 0 saturated heterocycles. The zero-order valence-electron chi connectivity index (χ0n) is 11.1. The van der Waals surface area contributed by atoms with E-state index in [1.807, 2.05) is 0 Å². The van der Waals surface area contributed by atoms with Crippen LogP contribution >= 0.6 is 0 Å². The predicted octanol–water partition coefficient (Wildman–Crippen LogP) is 3.21. The highest BCUT2D eigenvalue weighted by atomic mass is 16.6. The van der Waals surface area contributed by atoms with Crippen LogP contribution in [0, 0.1) is 10.1 Å². The van der Waals surface area contributed by atoms with Crippen molar-refractivity contribution in [3.8, 4) is 11.5 Å². The van der Waals surface area contributed by atoms with Crippen LogP contribution in [0.5, 0.6) is 11.5 Å². The molecule has 108 valence electrons. The minimum absolute atomic E-state index is 0.0714. The fourth-order valence-electron chi connectivity index (χ4n) is 1.56. The number of carbonyl (C=O) groups excluding carboxylic acids is 1. The summed E-state index contributed by atoms with van der Waals surface area (Å²) in [6, 6.07) is 11.9. The van der Waals surface area contributed by atoms with Gasteiger partial charge in [0.15, 0.2) is 0 Å². The fraction of sp³-hybridized carbons (Fsp3) is 0.0714. The average Bonchev–Trinajstić information content (AvgIpc) is 2.48. The number of benzene rings is 2. The maximum absolute atomic E-state index is 11.7. The summed E-state index contributed by atoms with van der Waals surface area (Å²) in [6.07, 6.45) is -0.686. The number of carbonyl (C=O) groups is 1. The van der Waals surface area contributed by atoms with Crippen LogP contribution in [0.2, 0.25) is 0 Å². The van der Waals surface area contributed by atoms with Crippen LogP contribution in [-0.2, 0) is 0 Å². The highest BCUT2D eigenvalue weighted by molar-refractivity contribution is 5.86. The molecule has 0 fully saturated rings. The first-order chi connectivity index (χ1) is 10.1. The minimum Gasteiger partial charge on any atom is -0.497 e. The molecule has 7 nitrogen and oxygen atoms in total. The van der Waals surface area contributed by atoms with Crippen molar-refractivity contribution in [2.24, 2.45) is 0 Å². The van der Waals surface area contributed by atoms with Crippen LogP contribution in [-0.4, -0.2) is 18.1 Å². The van der Waals surface area contributed by atoms with E-state index in [1.165, 1.54) is 24.3 Å². The van der Waals surface area contributed by atoms with Gasteiger partial charge in [-0.15, -0.1) is 0 Å². The first kappa shape index (κ1) is 14.3. The highest BCUT2D eigenvalue weighted by Gasteiger charge is 2.08. The third kappa shape index (κ3) is 3.93. The van der Waals surface area contributed by atoms with Crippen molar-refractivity contribution >= 4 is 17.5 Å². The smallest absolute Gasteiger partial charge is 0.417 e. The van der Waals surface area contributed by atoms with Crippen LogP contribution in [0.1, 0.15) is 0 Å². The Morgan fingerprint density at radius 2 is 1.62 bits per heavy atom. The molecule has 0 bridgehead atoms. The van der Waals surface area contributed by atoms with Gasteiger partial charge in [0.25, 0.3) is 5.69 Å². The normalized spacial score (nSPS) is 9.76. The van der Waals surface area contributed by atoms with E-state index in [0.29, 0.717) is 11.4 Å². The number of rotatable bonds is 4. The van der Waals surface area contributed by atoms with E-state index >= 15 is 0 Å². The fourth-order valence-corrected chi connectivity index (χ4v) is 1.56. The van der Waals surface area contributed by atoms with Gasteiger partial charge in [-0.25, -0.2) is 4.79 Å². The summed E-state index contributed by atoms with van der Waals surface area (Å²) in [7, 11) is 1.55. The van der Waals surface area contributed by atoms with E-state index in [4.69, 9.17) is 9.47 Å². The first-order valence-corrected chi connectivity index (χ1v) is 5.96. The van der Waals surface area contributed by atoms with Gasteiger partial charge in [0.05, 0.1) is 12.0 Å². The van der Waals surface area contributed by atoms with Gasteiger partial charge < -0.3 is 9.47 Å². The molecule has 1 N–H and O–H groups in total. The van der Waals surface area contributed by atoms with Crippen LogP contribution in [0.15, 0.2) is 48.5 Å². The van der Waals surface area contributed by atoms with Gasteiger partial charge in [-0.1, -0.05) is 0 Å². The molecule has 21 heavy (non-hydrogen) atoms. The molecule has 2 aromatic rings. The Kier molecular flexibility index (Phi) is 4.35. The van der Waals surface area contributed by atoms with Gasteiger partial charge in [-0.05, 0) is 36.4 Å². The van der Waals surface area contributed by atoms with Crippen LogP contribution in [0.4, 0.5) is 16.2 Å². The monoisotopic (exact) mass is 288 g/mol. The molecule has 0 spiro atoms. The van der Waals surface area contributed by atoms with Gasteiger partial charge in [-0.3, -0.25) is 15.4 Å². The summed E-state index contributed by atoms with van der Waals surface area (Å²) >= 11 is 0. The molecule has 2 aromatic carbocycles. The van der Waals surface area contributed by atoms with Crippen LogP contribution in [0.3, 0.4) is 0 Å². The van der Waals surface area contributed by atoms with Crippen molar-refractivity contribution in [2.75, 3.05) is 12.4 Å². The van der Waals surface area contributed by atoms with Crippen molar-refractivity contribution in [1.82, 2.24) is 0 Å². The number of hydrogen-bond donors (Lipinski definition) is 1. The molecule has 0 aliphatic carbocycles. The van der Waals surface area contributed by atoms with Crippen molar-refractivity contribution in [2.45, 2.75) is 0 Å². The Hall–Kier alpha value is -3.09. The number of amides is 1. The van der Waals surface area contributed by atoms with E-state index < -0.39 is 11.0 Å². The van der Waals surface area contributed by atoms with Crippen LogP contribution in [0.25, 0.3) is 0 Å². The number of methoxy groups -OCH3 is 1. The Bertz CT molecular complexity index is 637. The largest absolute Gasteiger partial charge is 0.497 e. The van der Waals surface area contributed by atoms with Gasteiger partial charge >= 0.3 is 6.09 Å². The lowest BCUT2D eigenvalue weighted by molar-refractivity contribution is -0.384. The Morgan fingerprint density at radius 3 is 2.14 bits per heavy atom.